The molecule has 0 saturated carbocycles. The Balaban J connectivity index is 0.000000869. The smallest absolute Gasteiger partial charge is 0.328 e. The average molecular weight is 559 g/mol. The van der Waals surface area contributed by atoms with E-state index in [1.54, 1.807) is 0 Å². The molecule has 0 aliphatic rings. The van der Waals surface area contributed by atoms with Gasteiger partial charge in [-0.3, -0.25) is 9.59 Å². The standard InChI is InChI=1S/C25H38N4O3.C4H4O4/c1-6-16-32-22-14-13-18(26-23(30)12-11-15-29(9-4)10-5)17-20(22)24-27-21(8-3)19(7-2)25(31)28-24;5-3(6)1-2-4(7)8/h13-14,17H,6-12,15-16H2,1-5H3,(H,26,30)(H,27,28,31);1-2H,(H,5,6)(H,7,8)/b;2-1-. The number of nitrogens with one attached hydrogen (secondary N) is 2. The number of carboxylic acid groups (broad SMARTS) is 2. The van der Waals surface area contributed by atoms with E-state index in [9.17, 15) is 19.2 Å². The average Bonchev–Trinajstić information content (AvgIpc) is 2.93. The largest absolute Gasteiger partial charge is 0.493 e. The third-order valence-corrected chi connectivity index (χ3v) is 5.91. The zero-order valence-electron chi connectivity index (χ0n) is 24.1. The monoisotopic (exact) mass is 558 g/mol. The van der Waals surface area contributed by atoms with E-state index in [0.29, 0.717) is 66.4 Å². The second-order valence-corrected chi connectivity index (χ2v) is 8.79. The number of aromatic amines is 1. The minimum Gasteiger partial charge on any atom is -0.493 e. The lowest BCUT2D eigenvalue weighted by molar-refractivity contribution is -0.134. The Hall–Kier alpha value is -3.99. The molecule has 2 aromatic rings. The van der Waals surface area contributed by atoms with Crippen LogP contribution in [0.5, 0.6) is 5.75 Å². The zero-order valence-corrected chi connectivity index (χ0v) is 24.1. The van der Waals surface area contributed by atoms with Crippen LogP contribution in [0.25, 0.3) is 11.4 Å². The molecular weight excluding hydrogens is 516 g/mol. The first-order valence-electron chi connectivity index (χ1n) is 13.6. The van der Waals surface area contributed by atoms with Crippen LogP contribution in [-0.4, -0.2) is 69.2 Å². The fraction of sp³-hybridized carbons (Fsp3) is 0.483. The number of carboxylic acids is 2. The first kappa shape index (κ1) is 34.0. The summed E-state index contributed by atoms with van der Waals surface area (Å²) < 4.78 is 5.91. The van der Waals surface area contributed by atoms with E-state index in [4.69, 9.17) is 19.9 Å². The summed E-state index contributed by atoms with van der Waals surface area (Å²) in [5, 5.41) is 18.6. The molecular formula is C29H42N4O7. The fourth-order valence-corrected chi connectivity index (χ4v) is 3.83. The molecule has 1 aromatic heterocycles. The van der Waals surface area contributed by atoms with Crippen molar-refractivity contribution in [2.75, 3.05) is 31.6 Å². The molecule has 220 valence electrons. The third kappa shape index (κ3) is 11.8. The molecule has 4 N–H and O–H groups in total. The minimum atomic E-state index is -1.26. The number of anilines is 1. The Morgan fingerprint density at radius 3 is 2.20 bits per heavy atom. The van der Waals surface area contributed by atoms with Gasteiger partial charge in [-0.2, -0.15) is 0 Å². The Morgan fingerprint density at radius 2 is 1.68 bits per heavy atom. The van der Waals surface area contributed by atoms with Gasteiger partial charge in [0.05, 0.1) is 17.9 Å². The Morgan fingerprint density at radius 1 is 1.02 bits per heavy atom. The van der Waals surface area contributed by atoms with E-state index in [-0.39, 0.29) is 11.5 Å². The number of aryl methyl sites for hydroxylation is 1. The van der Waals surface area contributed by atoms with Crippen LogP contribution in [0.3, 0.4) is 0 Å². The minimum absolute atomic E-state index is 0.0256. The second kappa shape index (κ2) is 18.3. The fourth-order valence-electron chi connectivity index (χ4n) is 3.83. The number of carbonyl (C=O) groups excluding carboxylic acids is 1. The Bertz CT molecular complexity index is 1190. The molecule has 1 aromatic carbocycles. The van der Waals surface area contributed by atoms with Crippen LogP contribution >= 0.6 is 0 Å². The number of aliphatic carboxylic acids is 2. The van der Waals surface area contributed by atoms with Crippen molar-refractivity contribution in [1.29, 1.82) is 0 Å². The van der Waals surface area contributed by atoms with E-state index < -0.39 is 11.9 Å². The molecule has 11 heteroatoms. The molecule has 0 radical (unpaired) electrons. The number of aromatic nitrogens is 2. The van der Waals surface area contributed by atoms with Crippen molar-refractivity contribution in [1.82, 2.24) is 14.9 Å². The molecule has 0 spiro atoms. The molecule has 1 amide bonds. The van der Waals surface area contributed by atoms with Crippen LogP contribution in [0.4, 0.5) is 5.69 Å². The van der Waals surface area contributed by atoms with Gasteiger partial charge in [0.15, 0.2) is 0 Å². The molecule has 0 aliphatic carbocycles. The van der Waals surface area contributed by atoms with Crippen molar-refractivity contribution in [2.45, 2.75) is 66.7 Å². The summed E-state index contributed by atoms with van der Waals surface area (Å²) in [6, 6.07) is 5.49. The quantitative estimate of drug-likeness (QED) is 0.236. The maximum Gasteiger partial charge on any atom is 0.328 e. The highest BCUT2D eigenvalue weighted by Crippen LogP contribution is 2.31. The predicted octanol–water partition coefficient (Wildman–Crippen LogP) is 4.12. The van der Waals surface area contributed by atoms with Crippen molar-refractivity contribution in [3.63, 3.8) is 0 Å². The number of H-pyrrole nitrogens is 1. The predicted molar refractivity (Wildman–Crippen MR) is 155 cm³/mol. The number of hydrogen-bond donors (Lipinski definition) is 4. The summed E-state index contributed by atoms with van der Waals surface area (Å²) in [6.45, 7) is 13.7. The number of hydrogen-bond acceptors (Lipinski definition) is 7. The summed E-state index contributed by atoms with van der Waals surface area (Å²) in [6.07, 6.45) is 4.56. The highest BCUT2D eigenvalue weighted by molar-refractivity contribution is 5.91. The topological polar surface area (TPSA) is 162 Å². The van der Waals surface area contributed by atoms with Crippen LogP contribution in [0.2, 0.25) is 0 Å². The van der Waals surface area contributed by atoms with E-state index >= 15 is 0 Å². The van der Waals surface area contributed by atoms with Gasteiger partial charge in [-0.1, -0.05) is 34.6 Å². The first-order valence-corrected chi connectivity index (χ1v) is 13.6. The lowest BCUT2D eigenvalue weighted by atomic mass is 10.1. The van der Waals surface area contributed by atoms with Gasteiger partial charge in [-0.05, 0) is 63.5 Å². The lowest BCUT2D eigenvalue weighted by Crippen LogP contribution is -2.25. The summed E-state index contributed by atoms with van der Waals surface area (Å²) >= 11 is 0. The van der Waals surface area contributed by atoms with Crippen LogP contribution in [0, 0.1) is 0 Å². The van der Waals surface area contributed by atoms with Gasteiger partial charge < -0.3 is 30.2 Å². The zero-order chi connectivity index (χ0) is 30.1. The van der Waals surface area contributed by atoms with Crippen LogP contribution in [0.1, 0.15) is 65.1 Å². The van der Waals surface area contributed by atoms with E-state index in [1.807, 2.05) is 39.0 Å². The van der Waals surface area contributed by atoms with Crippen molar-refractivity contribution >= 4 is 23.5 Å². The Kier molecular flexibility index (Phi) is 15.6. The molecule has 11 nitrogen and oxygen atoms in total. The van der Waals surface area contributed by atoms with Gasteiger partial charge in [0.25, 0.3) is 5.56 Å². The second-order valence-electron chi connectivity index (χ2n) is 8.79. The van der Waals surface area contributed by atoms with Gasteiger partial charge in [-0.15, -0.1) is 0 Å². The number of carbonyl (C=O) groups is 3. The van der Waals surface area contributed by atoms with Crippen molar-refractivity contribution < 1.29 is 29.3 Å². The van der Waals surface area contributed by atoms with Crippen LogP contribution in [-0.2, 0) is 27.2 Å². The van der Waals surface area contributed by atoms with Crippen LogP contribution in [0.15, 0.2) is 35.1 Å². The summed E-state index contributed by atoms with van der Waals surface area (Å²) in [5.74, 6) is -1.43. The van der Waals surface area contributed by atoms with E-state index in [0.717, 1.165) is 38.2 Å². The lowest BCUT2D eigenvalue weighted by Gasteiger charge is -2.17. The maximum atomic E-state index is 12.6. The molecule has 0 bridgehead atoms. The normalized spacial score (nSPS) is 10.8. The molecule has 40 heavy (non-hydrogen) atoms. The number of ether oxygens (including phenoxy) is 1. The van der Waals surface area contributed by atoms with E-state index in [2.05, 4.69) is 29.0 Å². The third-order valence-electron chi connectivity index (χ3n) is 5.91. The molecule has 0 unspecified atom stereocenters. The summed E-state index contributed by atoms with van der Waals surface area (Å²) in [5.41, 5.74) is 2.72. The number of amides is 1. The molecule has 0 saturated heterocycles. The molecule has 2 rings (SSSR count). The first-order chi connectivity index (χ1) is 19.1. The number of benzene rings is 1. The summed E-state index contributed by atoms with van der Waals surface area (Å²) in [4.78, 5) is 54.1. The highest BCUT2D eigenvalue weighted by Gasteiger charge is 2.15. The SMILES string of the molecule is CCCOc1ccc(NC(=O)CCCN(CC)CC)cc1-c1nc(CC)c(CC)c(=O)[nH]1.O=C(O)/C=C\C(=O)O. The molecule has 1 heterocycles. The van der Waals surface area contributed by atoms with Gasteiger partial charge in [0.2, 0.25) is 5.91 Å². The highest BCUT2D eigenvalue weighted by atomic mass is 16.5. The van der Waals surface area contributed by atoms with Crippen molar-refractivity contribution in [3.8, 4) is 17.1 Å². The van der Waals surface area contributed by atoms with Gasteiger partial charge >= 0.3 is 11.9 Å². The van der Waals surface area contributed by atoms with E-state index in [1.165, 1.54) is 0 Å². The maximum absolute atomic E-state index is 12.6. The Labute approximate surface area is 235 Å². The molecule has 0 atom stereocenters. The van der Waals surface area contributed by atoms with Crippen molar-refractivity contribution in [3.05, 3.63) is 52.0 Å². The molecule has 0 aliphatic heterocycles. The van der Waals surface area contributed by atoms with Crippen molar-refractivity contribution in [2.24, 2.45) is 0 Å². The number of rotatable bonds is 15. The van der Waals surface area contributed by atoms with Crippen LogP contribution < -0.4 is 15.6 Å². The molecule has 0 fully saturated rings. The van der Waals surface area contributed by atoms with Gasteiger partial charge in [0.1, 0.15) is 11.6 Å². The van der Waals surface area contributed by atoms with Gasteiger partial charge in [-0.25, -0.2) is 14.6 Å². The summed E-state index contributed by atoms with van der Waals surface area (Å²) in [7, 11) is 0. The van der Waals surface area contributed by atoms with Gasteiger partial charge in [0, 0.05) is 29.8 Å². The number of nitrogens with zero attached hydrogens (tertiary/aromatic N) is 2.